The number of nitrogens with one attached hydrogen (secondary N) is 1. The third kappa shape index (κ3) is 3.97. The van der Waals surface area contributed by atoms with Crippen molar-refractivity contribution in [1.29, 1.82) is 0 Å². The maximum atomic E-state index is 13.2. The van der Waals surface area contributed by atoms with Gasteiger partial charge in [0.15, 0.2) is 0 Å². The van der Waals surface area contributed by atoms with Crippen molar-refractivity contribution >= 4 is 37.4 Å². The van der Waals surface area contributed by atoms with Crippen molar-refractivity contribution in [2.45, 2.75) is 17.7 Å². The molecule has 0 radical (unpaired) electrons. The molecule has 0 fully saturated rings. The molecule has 0 aromatic heterocycles. The van der Waals surface area contributed by atoms with Crippen LogP contribution in [0.15, 0.2) is 47.4 Å². The number of nitrogens with zero attached hydrogens (tertiary/aromatic N) is 1. The van der Waals surface area contributed by atoms with E-state index >= 15 is 0 Å². The van der Waals surface area contributed by atoms with E-state index in [1.807, 2.05) is 0 Å². The van der Waals surface area contributed by atoms with Gasteiger partial charge < -0.3 is 4.74 Å². The molecule has 0 unspecified atom stereocenters. The van der Waals surface area contributed by atoms with Crippen LogP contribution in [0.4, 0.5) is 11.4 Å². The lowest BCUT2D eigenvalue weighted by Gasteiger charge is -2.31. The number of sulfonamides is 2. The Bertz CT molecular complexity index is 1110. The highest BCUT2D eigenvalue weighted by Crippen LogP contribution is 2.36. The fourth-order valence-electron chi connectivity index (χ4n) is 3.14. The van der Waals surface area contributed by atoms with Crippen molar-refractivity contribution in [3.05, 3.63) is 53.6 Å². The summed E-state index contributed by atoms with van der Waals surface area (Å²) < 4.78 is 57.9. The van der Waals surface area contributed by atoms with Crippen LogP contribution in [0.1, 0.15) is 22.3 Å². The van der Waals surface area contributed by atoms with Crippen LogP contribution >= 0.6 is 0 Å². The van der Waals surface area contributed by atoms with E-state index in [4.69, 9.17) is 0 Å². The molecule has 1 heterocycles. The Labute approximate surface area is 164 Å². The second-order valence-electron chi connectivity index (χ2n) is 6.37. The van der Waals surface area contributed by atoms with Crippen LogP contribution in [0.5, 0.6) is 0 Å². The van der Waals surface area contributed by atoms with E-state index < -0.39 is 26.0 Å². The van der Waals surface area contributed by atoms with E-state index in [9.17, 15) is 21.6 Å². The number of hydrogen-bond donors (Lipinski definition) is 1. The summed E-state index contributed by atoms with van der Waals surface area (Å²) in [6.45, 7) is 0.274. The van der Waals surface area contributed by atoms with Gasteiger partial charge in [-0.25, -0.2) is 21.6 Å². The van der Waals surface area contributed by atoms with Gasteiger partial charge in [0.05, 0.1) is 35.2 Å². The zero-order valence-electron chi connectivity index (χ0n) is 15.4. The molecule has 2 aromatic rings. The molecule has 2 aromatic carbocycles. The quantitative estimate of drug-likeness (QED) is 0.735. The molecule has 0 amide bonds. The predicted molar refractivity (Wildman–Crippen MR) is 106 cm³/mol. The minimum absolute atomic E-state index is 0.0366. The number of rotatable bonds is 5. The molecule has 0 atom stereocenters. The first-order valence-corrected chi connectivity index (χ1v) is 11.8. The Kier molecular flexibility index (Phi) is 5.35. The summed E-state index contributed by atoms with van der Waals surface area (Å²) in [6.07, 6.45) is 2.16. The van der Waals surface area contributed by atoms with Gasteiger partial charge in [-0.05, 0) is 49.2 Å². The van der Waals surface area contributed by atoms with E-state index in [0.717, 1.165) is 6.26 Å². The molecule has 3 rings (SSSR count). The highest BCUT2D eigenvalue weighted by Gasteiger charge is 2.30. The van der Waals surface area contributed by atoms with Gasteiger partial charge in [-0.3, -0.25) is 9.03 Å². The number of carbonyl (C=O) groups excluding carboxylic acids is 1. The van der Waals surface area contributed by atoms with Crippen molar-refractivity contribution < 1.29 is 26.4 Å². The molecule has 0 saturated heterocycles. The molecule has 1 aliphatic rings. The Morgan fingerprint density at radius 2 is 1.75 bits per heavy atom. The Balaban J connectivity index is 2.01. The number of fused-ring (bicyclic) bond motifs is 1. The van der Waals surface area contributed by atoms with Crippen LogP contribution in [-0.4, -0.2) is 42.7 Å². The average molecular weight is 425 g/mol. The smallest absolute Gasteiger partial charge is 0.337 e. The third-order valence-electron chi connectivity index (χ3n) is 4.37. The molecule has 150 valence electrons. The minimum Gasteiger partial charge on any atom is -0.465 e. The zero-order chi connectivity index (χ0) is 20.5. The number of benzene rings is 2. The first-order valence-electron chi connectivity index (χ1n) is 8.44. The maximum Gasteiger partial charge on any atom is 0.337 e. The highest BCUT2D eigenvalue weighted by atomic mass is 32.2. The Hall–Kier alpha value is -2.59. The Morgan fingerprint density at radius 1 is 1.07 bits per heavy atom. The van der Waals surface area contributed by atoms with Crippen molar-refractivity contribution in [3.63, 3.8) is 0 Å². The van der Waals surface area contributed by atoms with E-state index in [0.29, 0.717) is 29.8 Å². The number of anilines is 2. The highest BCUT2D eigenvalue weighted by molar-refractivity contribution is 7.93. The lowest BCUT2D eigenvalue weighted by Crippen LogP contribution is -2.35. The summed E-state index contributed by atoms with van der Waals surface area (Å²) in [7, 11) is -6.12. The molecule has 8 nitrogen and oxygen atoms in total. The molecule has 0 saturated carbocycles. The van der Waals surface area contributed by atoms with Crippen LogP contribution in [0.3, 0.4) is 0 Å². The molecule has 10 heteroatoms. The predicted octanol–water partition coefficient (Wildman–Crippen LogP) is 1.99. The van der Waals surface area contributed by atoms with Crippen LogP contribution < -0.4 is 9.03 Å². The van der Waals surface area contributed by atoms with Crippen molar-refractivity contribution in [1.82, 2.24) is 0 Å². The molecular formula is C18H20N2O6S2. The average Bonchev–Trinajstić information content (AvgIpc) is 2.66. The van der Waals surface area contributed by atoms with Gasteiger partial charge >= 0.3 is 5.97 Å². The summed E-state index contributed by atoms with van der Waals surface area (Å²) in [6, 6.07) is 10.4. The molecule has 1 N–H and O–H groups in total. The number of ether oxygens (including phenoxy) is 1. The summed E-state index contributed by atoms with van der Waals surface area (Å²) in [4.78, 5) is 11.6. The third-order valence-corrected chi connectivity index (χ3v) is 6.78. The largest absolute Gasteiger partial charge is 0.465 e. The van der Waals surface area contributed by atoms with Crippen LogP contribution in [0, 0.1) is 0 Å². The van der Waals surface area contributed by atoms with Gasteiger partial charge in [0.1, 0.15) is 0 Å². The minimum atomic E-state index is -3.88. The molecule has 1 aliphatic heterocycles. The number of hydrogen-bond acceptors (Lipinski definition) is 6. The molecule has 28 heavy (non-hydrogen) atoms. The first-order chi connectivity index (χ1) is 13.1. The summed E-state index contributed by atoms with van der Waals surface area (Å²) in [5.74, 6) is -0.552. The van der Waals surface area contributed by atoms with Gasteiger partial charge in [0.25, 0.3) is 10.0 Å². The fourth-order valence-corrected chi connectivity index (χ4v) is 5.27. The summed E-state index contributed by atoms with van der Waals surface area (Å²) in [5, 5.41) is 0. The van der Waals surface area contributed by atoms with Crippen molar-refractivity contribution in [3.8, 4) is 0 Å². The number of methoxy groups -OCH3 is 1. The van der Waals surface area contributed by atoms with Gasteiger partial charge in [0, 0.05) is 12.1 Å². The second-order valence-corrected chi connectivity index (χ2v) is 9.98. The van der Waals surface area contributed by atoms with Gasteiger partial charge in [-0.1, -0.05) is 6.07 Å². The molecule has 0 aliphatic carbocycles. The van der Waals surface area contributed by atoms with Crippen LogP contribution in [-0.2, 0) is 31.2 Å². The number of carbonyl (C=O) groups is 1. The van der Waals surface area contributed by atoms with Crippen molar-refractivity contribution in [2.24, 2.45) is 0 Å². The topological polar surface area (TPSA) is 110 Å². The maximum absolute atomic E-state index is 13.2. The first kappa shape index (κ1) is 20.2. The molecule has 0 spiro atoms. The monoisotopic (exact) mass is 424 g/mol. The standard InChI is InChI=1S/C18H20N2O6S2/c1-26-18(21)13-8-10-14(11-9-13)28(24,25)20-12-4-5-15-16(19-27(2,22)23)6-3-7-17(15)20/h3,6-11,19H,4-5,12H2,1-2H3. The molecular weight excluding hydrogens is 404 g/mol. The summed E-state index contributed by atoms with van der Waals surface area (Å²) >= 11 is 0. The van der Waals surface area contributed by atoms with Crippen LogP contribution in [0.2, 0.25) is 0 Å². The normalized spacial score (nSPS) is 14.3. The lowest BCUT2D eigenvalue weighted by molar-refractivity contribution is 0.0600. The van der Waals surface area contributed by atoms with Gasteiger partial charge in [-0.15, -0.1) is 0 Å². The van der Waals surface area contributed by atoms with Gasteiger partial charge in [0.2, 0.25) is 10.0 Å². The van der Waals surface area contributed by atoms with E-state index in [1.165, 1.54) is 35.7 Å². The fraction of sp³-hybridized carbons (Fsp3) is 0.278. The van der Waals surface area contributed by atoms with Gasteiger partial charge in [-0.2, -0.15) is 0 Å². The zero-order valence-corrected chi connectivity index (χ0v) is 17.0. The number of esters is 1. The van der Waals surface area contributed by atoms with Crippen LogP contribution in [0.25, 0.3) is 0 Å². The van der Waals surface area contributed by atoms with Crippen molar-refractivity contribution in [2.75, 3.05) is 28.9 Å². The SMILES string of the molecule is COC(=O)c1ccc(S(=O)(=O)N2CCCc3c(NS(C)(=O)=O)cccc32)cc1. The van der Waals surface area contributed by atoms with E-state index in [1.54, 1.807) is 18.2 Å². The second kappa shape index (κ2) is 7.44. The van der Waals surface area contributed by atoms with E-state index in [-0.39, 0.29) is 17.0 Å². The van der Waals surface area contributed by atoms with E-state index in [2.05, 4.69) is 9.46 Å². The summed E-state index contributed by atoms with van der Waals surface area (Å²) in [5.41, 5.74) is 1.70. The Morgan fingerprint density at radius 3 is 2.36 bits per heavy atom. The molecule has 0 bridgehead atoms. The lowest BCUT2D eigenvalue weighted by atomic mass is 10.0.